The van der Waals surface area contributed by atoms with Crippen LogP contribution >= 0.6 is 0 Å². The molecule has 0 aliphatic carbocycles. The predicted molar refractivity (Wildman–Crippen MR) is 123 cm³/mol. The molecule has 0 bridgehead atoms. The molecule has 0 unspecified atom stereocenters. The van der Waals surface area contributed by atoms with Crippen molar-refractivity contribution in [3.8, 4) is 11.5 Å². The molecule has 0 amide bonds. The molecular weight excluding hydrogens is 440 g/mol. The van der Waals surface area contributed by atoms with Gasteiger partial charge in [-0.1, -0.05) is 24.3 Å². The molecule has 2 saturated heterocycles. The summed E-state index contributed by atoms with van der Waals surface area (Å²) in [6.07, 6.45) is 3.91. The smallest absolute Gasteiger partial charge is 0.331 e. The quantitative estimate of drug-likeness (QED) is 0.433. The average molecular weight is 466 g/mol. The Kier molecular flexibility index (Phi) is 7.61. The number of hydrogen-bond donors (Lipinski definition) is 0. The van der Waals surface area contributed by atoms with Gasteiger partial charge >= 0.3 is 11.9 Å². The minimum atomic E-state index is -0.573. The molecule has 0 radical (unpaired) electrons. The van der Waals surface area contributed by atoms with Crippen molar-refractivity contribution >= 4 is 24.1 Å². The van der Waals surface area contributed by atoms with Gasteiger partial charge in [0, 0.05) is 12.2 Å². The highest BCUT2D eigenvalue weighted by Gasteiger charge is 2.50. The number of benzene rings is 2. The Balaban J connectivity index is 1.26. The second kappa shape index (κ2) is 11.0. The van der Waals surface area contributed by atoms with Gasteiger partial charge in [0.1, 0.15) is 23.7 Å². The van der Waals surface area contributed by atoms with Crippen molar-refractivity contribution in [2.75, 3.05) is 27.4 Å². The van der Waals surface area contributed by atoms with Crippen molar-refractivity contribution in [2.24, 2.45) is 0 Å². The molecule has 2 heterocycles. The van der Waals surface area contributed by atoms with Gasteiger partial charge in [0.25, 0.3) is 0 Å². The molecule has 4 rings (SSSR count). The highest BCUT2D eigenvalue weighted by atomic mass is 16.7. The number of rotatable bonds is 8. The fourth-order valence-corrected chi connectivity index (χ4v) is 3.77. The average Bonchev–Trinajstić information content (AvgIpc) is 3.45. The number of carbonyl (C=O) groups excluding carboxylic acids is 2. The molecule has 0 aromatic heterocycles. The Labute approximate surface area is 197 Å². The van der Waals surface area contributed by atoms with Crippen LogP contribution in [-0.2, 0) is 28.5 Å². The molecule has 34 heavy (non-hydrogen) atoms. The van der Waals surface area contributed by atoms with Crippen molar-refractivity contribution in [3.63, 3.8) is 0 Å². The van der Waals surface area contributed by atoms with E-state index < -0.39 is 36.4 Å². The molecule has 8 nitrogen and oxygen atoms in total. The third-order valence-corrected chi connectivity index (χ3v) is 5.55. The molecule has 8 heteroatoms. The summed E-state index contributed by atoms with van der Waals surface area (Å²) in [6, 6.07) is 14.6. The highest BCUT2D eigenvalue weighted by molar-refractivity contribution is 5.87. The number of carbonyl (C=O) groups is 2. The fraction of sp³-hybridized carbons (Fsp3) is 0.308. The lowest BCUT2D eigenvalue weighted by Gasteiger charge is -2.16. The molecule has 2 aliphatic heterocycles. The summed E-state index contributed by atoms with van der Waals surface area (Å²) in [5, 5.41) is 0. The number of ether oxygens (including phenoxy) is 6. The highest BCUT2D eigenvalue weighted by Crippen LogP contribution is 2.31. The number of esters is 2. The summed E-state index contributed by atoms with van der Waals surface area (Å²) >= 11 is 0. The van der Waals surface area contributed by atoms with Gasteiger partial charge in [0.05, 0.1) is 27.4 Å². The minimum Gasteiger partial charge on any atom is -0.497 e. The standard InChI is InChI=1S/C26H26O8/c1-29-19-9-3-17(4-10-19)7-13-23(27)33-21-15-31-26-22(16-32-25(21)26)34-24(28)14-8-18-5-11-20(30-2)12-6-18/h3-14,21-22,25-26H,15-16H2,1-2H3/b13-7+,14-8+/t21-,22+,25-,26-/m0/s1. The van der Waals surface area contributed by atoms with Crippen LogP contribution in [0.1, 0.15) is 11.1 Å². The molecule has 2 aromatic carbocycles. The summed E-state index contributed by atoms with van der Waals surface area (Å²) in [4.78, 5) is 24.5. The number of hydrogen-bond acceptors (Lipinski definition) is 8. The van der Waals surface area contributed by atoms with Gasteiger partial charge in [-0.25, -0.2) is 9.59 Å². The first-order chi connectivity index (χ1) is 16.6. The molecule has 4 atom stereocenters. The maximum atomic E-state index is 12.3. The second-order valence-corrected chi connectivity index (χ2v) is 7.76. The van der Waals surface area contributed by atoms with Crippen LogP contribution in [0.4, 0.5) is 0 Å². The molecule has 0 spiro atoms. The normalized spacial score (nSPS) is 23.7. The fourth-order valence-electron chi connectivity index (χ4n) is 3.77. The Morgan fingerprint density at radius 1 is 0.706 bits per heavy atom. The van der Waals surface area contributed by atoms with Crippen molar-refractivity contribution in [1.29, 1.82) is 0 Å². The second-order valence-electron chi connectivity index (χ2n) is 7.76. The van der Waals surface area contributed by atoms with Crippen molar-refractivity contribution in [2.45, 2.75) is 24.4 Å². The summed E-state index contributed by atoms with van der Waals surface area (Å²) in [5.41, 5.74) is 1.68. The van der Waals surface area contributed by atoms with E-state index in [0.717, 1.165) is 22.6 Å². The van der Waals surface area contributed by atoms with Crippen molar-refractivity contribution in [1.82, 2.24) is 0 Å². The van der Waals surface area contributed by atoms with Crippen LogP contribution in [0.5, 0.6) is 11.5 Å². The van der Waals surface area contributed by atoms with E-state index in [-0.39, 0.29) is 13.2 Å². The van der Waals surface area contributed by atoms with E-state index in [1.165, 1.54) is 12.2 Å². The van der Waals surface area contributed by atoms with E-state index in [0.29, 0.717) is 0 Å². The lowest BCUT2D eigenvalue weighted by molar-refractivity contribution is -0.149. The zero-order valence-electron chi connectivity index (χ0n) is 18.9. The summed E-state index contributed by atoms with van der Waals surface area (Å²) in [7, 11) is 3.18. The van der Waals surface area contributed by atoms with E-state index >= 15 is 0 Å². The number of methoxy groups -OCH3 is 2. The lowest BCUT2D eigenvalue weighted by atomic mass is 10.1. The zero-order chi connectivity index (χ0) is 23.9. The third-order valence-electron chi connectivity index (χ3n) is 5.55. The first-order valence-corrected chi connectivity index (χ1v) is 10.8. The third kappa shape index (κ3) is 5.84. The SMILES string of the molecule is COc1ccc(/C=C/C(=O)O[C@H]2CO[C@@H]3[C@H]2OC[C@H]3OC(=O)/C=C/c2ccc(OC)cc2)cc1. The van der Waals surface area contributed by atoms with E-state index in [2.05, 4.69) is 0 Å². The maximum Gasteiger partial charge on any atom is 0.331 e. The first kappa shape index (κ1) is 23.5. The molecule has 2 aliphatic rings. The van der Waals surface area contributed by atoms with E-state index in [9.17, 15) is 9.59 Å². The topological polar surface area (TPSA) is 89.5 Å². The van der Waals surface area contributed by atoms with Crippen LogP contribution in [0, 0.1) is 0 Å². The lowest BCUT2D eigenvalue weighted by Crippen LogP contribution is -2.35. The summed E-state index contributed by atoms with van der Waals surface area (Å²) < 4.78 is 32.7. The Morgan fingerprint density at radius 2 is 1.09 bits per heavy atom. The van der Waals surface area contributed by atoms with E-state index in [1.807, 2.05) is 24.3 Å². The summed E-state index contributed by atoms with van der Waals surface area (Å²) in [5.74, 6) is 0.463. The van der Waals surface area contributed by atoms with Crippen LogP contribution in [-0.4, -0.2) is 63.8 Å². The summed E-state index contributed by atoms with van der Waals surface area (Å²) in [6.45, 7) is 0.348. The van der Waals surface area contributed by atoms with Crippen molar-refractivity contribution in [3.05, 3.63) is 71.8 Å². The van der Waals surface area contributed by atoms with Crippen LogP contribution in [0.2, 0.25) is 0 Å². The maximum absolute atomic E-state index is 12.3. The van der Waals surface area contributed by atoms with Crippen molar-refractivity contribution < 1.29 is 38.0 Å². The minimum absolute atomic E-state index is 0.174. The zero-order valence-corrected chi connectivity index (χ0v) is 18.9. The van der Waals surface area contributed by atoms with Gasteiger partial charge in [-0.2, -0.15) is 0 Å². The van der Waals surface area contributed by atoms with Crippen LogP contribution in [0.15, 0.2) is 60.7 Å². The van der Waals surface area contributed by atoms with Gasteiger partial charge in [-0.3, -0.25) is 0 Å². The Bertz CT molecular complexity index is 956. The van der Waals surface area contributed by atoms with Gasteiger partial charge in [-0.05, 0) is 47.5 Å². The largest absolute Gasteiger partial charge is 0.497 e. The predicted octanol–water partition coefficient (Wildman–Crippen LogP) is 3.05. The van der Waals surface area contributed by atoms with Gasteiger partial charge in [0.2, 0.25) is 0 Å². The van der Waals surface area contributed by atoms with Crippen LogP contribution in [0.25, 0.3) is 12.2 Å². The van der Waals surface area contributed by atoms with Crippen LogP contribution in [0.3, 0.4) is 0 Å². The molecule has 0 N–H and O–H groups in total. The first-order valence-electron chi connectivity index (χ1n) is 10.8. The Hall–Kier alpha value is -3.62. The molecule has 178 valence electrons. The monoisotopic (exact) mass is 466 g/mol. The van der Waals surface area contributed by atoms with Gasteiger partial charge in [0.15, 0.2) is 12.2 Å². The number of fused-ring (bicyclic) bond motifs is 1. The van der Waals surface area contributed by atoms with E-state index in [4.69, 9.17) is 28.4 Å². The van der Waals surface area contributed by atoms with Gasteiger partial charge in [-0.15, -0.1) is 0 Å². The molecule has 2 fully saturated rings. The molecule has 2 aromatic rings. The van der Waals surface area contributed by atoms with E-state index in [1.54, 1.807) is 50.6 Å². The molecular formula is C26H26O8. The molecule has 0 saturated carbocycles. The van der Waals surface area contributed by atoms with Crippen LogP contribution < -0.4 is 9.47 Å². The van der Waals surface area contributed by atoms with Gasteiger partial charge < -0.3 is 28.4 Å². The Morgan fingerprint density at radius 3 is 1.44 bits per heavy atom.